The van der Waals surface area contributed by atoms with Crippen molar-refractivity contribution < 1.29 is 37.3 Å². The number of nitrogens with one attached hydrogen (secondary N) is 1. The van der Waals surface area contributed by atoms with Crippen molar-refractivity contribution in [2.45, 2.75) is 69.4 Å². The summed E-state index contributed by atoms with van der Waals surface area (Å²) < 4.78 is 55.3. The lowest BCUT2D eigenvalue weighted by atomic mass is 9.80. The minimum atomic E-state index is -5.14. The van der Waals surface area contributed by atoms with Gasteiger partial charge in [0.2, 0.25) is 0 Å². The van der Waals surface area contributed by atoms with Gasteiger partial charge in [-0.15, -0.1) is 0 Å². The Hall–Kier alpha value is -3.31. The van der Waals surface area contributed by atoms with E-state index in [9.17, 15) is 23.1 Å². The minimum Gasteiger partial charge on any atom is -0.493 e. The Morgan fingerprint density at radius 2 is 1.90 bits per heavy atom. The van der Waals surface area contributed by atoms with Crippen molar-refractivity contribution in [3.05, 3.63) is 36.4 Å². The van der Waals surface area contributed by atoms with Crippen LogP contribution in [0.1, 0.15) is 45.4 Å². The molecule has 1 aliphatic carbocycles. The summed E-state index contributed by atoms with van der Waals surface area (Å²) >= 11 is 0. The van der Waals surface area contributed by atoms with Gasteiger partial charge in [0, 0.05) is 35.8 Å². The number of nitrogens with zero attached hydrogens (tertiary/aromatic N) is 2. The third-order valence-electron chi connectivity index (χ3n) is 8.06. The van der Waals surface area contributed by atoms with Gasteiger partial charge < -0.3 is 29.5 Å². The predicted octanol–water partition coefficient (Wildman–Crippen LogP) is 5.45. The van der Waals surface area contributed by atoms with Crippen LogP contribution in [0.4, 0.5) is 18.9 Å². The molecule has 2 N–H and O–H groups in total. The maximum Gasteiger partial charge on any atom is 0.490 e. The van der Waals surface area contributed by atoms with Gasteiger partial charge in [0.25, 0.3) is 0 Å². The number of ether oxygens (including phenoxy) is 3. The molecule has 222 valence electrons. The Kier molecular flexibility index (Phi) is 8.47. The maximum absolute atomic E-state index is 12.9. The van der Waals surface area contributed by atoms with Crippen LogP contribution in [0.2, 0.25) is 0 Å². The molecule has 1 aliphatic heterocycles. The van der Waals surface area contributed by atoms with E-state index < -0.39 is 23.9 Å². The molecule has 1 saturated heterocycles. The molecule has 11 heteroatoms. The number of aromatic nitrogens is 1. The molecule has 2 aromatic carbocycles. The smallest absolute Gasteiger partial charge is 0.490 e. The molecule has 2 heterocycles. The summed E-state index contributed by atoms with van der Waals surface area (Å²) in [5.74, 6) is -1.17. The lowest BCUT2D eigenvalue weighted by Crippen LogP contribution is -2.51. The molecule has 3 atom stereocenters. The van der Waals surface area contributed by atoms with Crippen LogP contribution >= 0.6 is 0 Å². The Morgan fingerprint density at radius 3 is 2.63 bits per heavy atom. The molecule has 2 aliphatic rings. The SMILES string of the molecule is COc1cc2c(N[C@@H]3CC[C@@](C)(O)[C@H](OC(=O)C(F)(F)F)C3)c3ccccc3nc2cc1OCCCN1CCCC1. The largest absolute Gasteiger partial charge is 0.493 e. The summed E-state index contributed by atoms with van der Waals surface area (Å²) in [5.41, 5.74) is 0.558. The number of pyridine rings is 1. The van der Waals surface area contributed by atoms with Gasteiger partial charge >= 0.3 is 12.1 Å². The number of halogens is 3. The van der Waals surface area contributed by atoms with Gasteiger partial charge in [0.05, 0.1) is 36.0 Å². The zero-order valence-electron chi connectivity index (χ0n) is 23.3. The predicted molar refractivity (Wildman–Crippen MR) is 149 cm³/mol. The van der Waals surface area contributed by atoms with Crippen LogP contribution in [0, 0.1) is 0 Å². The van der Waals surface area contributed by atoms with Crippen molar-refractivity contribution in [2.75, 3.05) is 38.7 Å². The number of hydrogen-bond donors (Lipinski definition) is 2. The first-order chi connectivity index (χ1) is 19.5. The summed E-state index contributed by atoms with van der Waals surface area (Å²) in [5, 5.41) is 15.8. The van der Waals surface area contributed by atoms with Gasteiger partial charge in [-0.25, -0.2) is 9.78 Å². The number of esters is 1. The van der Waals surface area contributed by atoms with Crippen molar-refractivity contribution in [1.82, 2.24) is 9.88 Å². The van der Waals surface area contributed by atoms with Gasteiger partial charge in [-0.1, -0.05) is 18.2 Å². The summed E-state index contributed by atoms with van der Waals surface area (Å²) in [6.45, 7) is 5.19. The number of alkyl halides is 3. The fourth-order valence-corrected chi connectivity index (χ4v) is 5.77. The molecule has 5 rings (SSSR count). The summed E-state index contributed by atoms with van der Waals surface area (Å²) in [7, 11) is 1.57. The molecule has 2 fully saturated rings. The second-order valence-corrected chi connectivity index (χ2v) is 11.1. The van der Waals surface area contributed by atoms with Gasteiger partial charge in [0.1, 0.15) is 6.10 Å². The van der Waals surface area contributed by atoms with Crippen LogP contribution in [0.5, 0.6) is 11.5 Å². The zero-order valence-corrected chi connectivity index (χ0v) is 23.3. The number of fused-ring (bicyclic) bond motifs is 2. The third kappa shape index (κ3) is 6.62. The fraction of sp³-hybridized carbons (Fsp3) is 0.533. The van der Waals surface area contributed by atoms with E-state index in [2.05, 4.69) is 10.2 Å². The summed E-state index contributed by atoms with van der Waals surface area (Å²) in [4.78, 5) is 18.9. The van der Waals surface area contributed by atoms with Gasteiger partial charge in [-0.3, -0.25) is 0 Å². The molecule has 0 radical (unpaired) electrons. The number of likely N-dealkylation sites (tertiary alicyclic amines) is 1. The van der Waals surface area contributed by atoms with E-state index >= 15 is 0 Å². The number of carbonyl (C=O) groups excluding carboxylic acids is 1. The van der Waals surface area contributed by atoms with Crippen molar-refractivity contribution in [2.24, 2.45) is 0 Å². The molecule has 1 aromatic heterocycles. The lowest BCUT2D eigenvalue weighted by molar-refractivity contribution is -0.217. The first-order valence-corrected chi connectivity index (χ1v) is 14.1. The zero-order chi connectivity index (χ0) is 29.2. The Balaban J connectivity index is 1.41. The van der Waals surface area contributed by atoms with Crippen LogP contribution in [-0.4, -0.2) is 78.2 Å². The van der Waals surface area contributed by atoms with Gasteiger partial charge in [0.15, 0.2) is 11.5 Å². The monoisotopic (exact) mass is 575 g/mol. The quantitative estimate of drug-likeness (QED) is 0.198. The van der Waals surface area contributed by atoms with E-state index in [1.54, 1.807) is 7.11 Å². The van der Waals surface area contributed by atoms with Crippen LogP contribution in [0.3, 0.4) is 0 Å². The average molecular weight is 576 g/mol. The van der Waals surface area contributed by atoms with Crippen molar-refractivity contribution in [3.8, 4) is 11.5 Å². The molecule has 0 unspecified atom stereocenters. The van der Waals surface area contributed by atoms with Crippen LogP contribution in [-0.2, 0) is 9.53 Å². The second-order valence-electron chi connectivity index (χ2n) is 11.1. The van der Waals surface area contributed by atoms with Gasteiger partial charge in [-0.2, -0.15) is 13.2 Å². The van der Waals surface area contributed by atoms with Gasteiger partial charge in [-0.05, 0) is 64.3 Å². The summed E-state index contributed by atoms with van der Waals surface area (Å²) in [6, 6.07) is 10.9. The Bertz CT molecular complexity index is 1390. The van der Waals surface area contributed by atoms with Crippen LogP contribution < -0.4 is 14.8 Å². The number of benzene rings is 2. The minimum absolute atomic E-state index is 0.00229. The molecule has 0 bridgehead atoms. The molecule has 0 spiro atoms. The molecular formula is C30H36F3N3O5. The molecule has 1 saturated carbocycles. The molecule has 8 nitrogen and oxygen atoms in total. The first kappa shape index (κ1) is 29.2. The number of aliphatic hydroxyl groups is 1. The van der Waals surface area contributed by atoms with Crippen molar-refractivity contribution >= 4 is 33.5 Å². The topological polar surface area (TPSA) is 93.1 Å². The number of para-hydroxylation sites is 1. The van der Waals surface area contributed by atoms with E-state index in [1.165, 1.54) is 19.8 Å². The number of methoxy groups -OCH3 is 1. The highest BCUT2D eigenvalue weighted by molar-refractivity contribution is 6.08. The highest BCUT2D eigenvalue weighted by Crippen LogP contribution is 2.40. The third-order valence-corrected chi connectivity index (χ3v) is 8.06. The van der Waals surface area contributed by atoms with E-state index in [1.807, 2.05) is 36.4 Å². The Morgan fingerprint density at radius 1 is 1.15 bits per heavy atom. The fourth-order valence-electron chi connectivity index (χ4n) is 5.77. The van der Waals surface area contributed by atoms with Crippen LogP contribution in [0.15, 0.2) is 36.4 Å². The average Bonchev–Trinajstić information content (AvgIpc) is 3.45. The van der Waals surface area contributed by atoms with Crippen LogP contribution in [0.25, 0.3) is 21.8 Å². The lowest BCUT2D eigenvalue weighted by Gasteiger charge is -2.40. The number of rotatable bonds is 9. The first-order valence-electron chi connectivity index (χ1n) is 14.1. The number of anilines is 1. The maximum atomic E-state index is 12.9. The highest BCUT2D eigenvalue weighted by Gasteiger charge is 2.47. The van der Waals surface area contributed by atoms with Crippen molar-refractivity contribution in [3.63, 3.8) is 0 Å². The molecule has 0 amide bonds. The second kappa shape index (κ2) is 11.9. The Labute approximate surface area is 236 Å². The van der Waals surface area contributed by atoms with E-state index in [0.29, 0.717) is 30.0 Å². The highest BCUT2D eigenvalue weighted by atomic mass is 19.4. The van der Waals surface area contributed by atoms with E-state index in [-0.39, 0.29) is 18.9 Å². The standard InChI is InChI=1S/C30H36F3N3O5/c1-29(38)11-10-19(16-26(29)41-28(37)30(31,32)33)34-27-20-8-3-4-9-22(20)35-23-18-25(24(39-2)17-21(23)27)40-15-7-14-36-12-5-6-13-36/h3-4,8-9,17-19,26,38H,5-7,10-16H2,1-2H3,(H,34,35)/t19-,26-,29-/m1/s1. The van der Waals surface area contributed by atoms with E-state index in [0.717, 1.165) is 48.0 Å². The number of hydrogen-bond acceptors (Lipinski definition) is 8. The molecule has 41 heavy (non-hydrogen) atoms. The normalized spacial score (nSPS) is 23.6. The van der Waals surface area contributed by atoms with Crippen molar-refractivity contribution in [1.29, 1.82) is 0 Å². The molecule has 3 aromatic rings. The summed E-state index contributed by atoms with van der Waals surface area (Å²) in [6.07, 6.45) is -2.46. The molecular weight excluding hydrogens is 539 g/mol. The van der Waals surface area contributed by atoms with E-state index in [4.69, 9.17) is 19.2 Å². The number of carbonyl (C=O) groups is 1.